The summed E-state index contributed by atoms with van der Waals surface area (Å²) in [4.78, 5) is 42.6. The van der Waals surface area contributed by atoms with Gasteiger partial charge in [0.05, 0.1) is 0 Å². The first-order chi connectivity index (χ1) is 17.4. The van der Waals surface area contributed by atoms with Crippen molar-refractivity contribution in [3.63, 3.8) is 0 Å². The Bertz CT molecular complexity index is 1100. The van der Waals surface area contributed by atoms with E-state index in [4.69, 9.17) is 4.74 Å². The highest BCUT2D eigenvalue weighted by molar-refractivity contribution is 5.99. The quantitative estimate of drug-likeness (QED) is 0.446. The van der Waals surface area contributed by atoms with E-state index in [0.29, 0.717) is 12.1 Å². The molecule has 2 aromatic rings. The van der Waals surface area contributed by atoms with Gasteiger partial charge in [-0.15, -0.1) is 0 Å². The van der Waals surface area contributed by atoms with Crippen molar-refractivity contribution < 1.29 is 19.1 Å². The molecule has 1 saturated carbocycles. The van der Waals surface area contributed by atoms with Crippen LogP contribution in [0.3, 0.4) is 0 Å². The maximum absolute atomic E-state index is 14.3. The van der Waals surface area contributed by atoms with Gasteiger partial charge in [-0.1, -0.05) is 75.7 Å². The van der Waals surface area contributed by atoms with Crippen molar-refractivity contribution in [1.82, 2.24) is 10.2 Å². The predicted octanol–water partition coefficient (Wildman–Crippen LogP) is 5.85. The number of carbonyl (C=O) groups excluding carboxylic acids is 3. The zero-order chi connectivity index (χ0) is 27.3. The molecule has 2 N–H and O–H groups in total. The van der Waals surface area contributed by atoms with E-state index >= 15 is 0 Å². The van der Waals surface area contributed by atoms with Crippen LogP contribution in [0.4, 0.5) is 10.5 Å². The number of alkyl carbamates (subject to hydrolysis) is 1. The number of ether oxygens (including phenoxy) is 1. The fourth-order valence-corrected chi connectivity index (χ4v) is 4.44. The van der Waals surface area contributed by atoms with Gasteiger partial charge in [0.1, 0.15) is 17.7 Å². The largest absolute Gasteiger partial charge is 0.444 e. The van der Waals surface area contributed by atoms with Crippen LogP contribution in [0.5, 0.6) is 0 Å². The number of carbonyl (C=O) groups is 3. The molecule has 1 fully saturated rings. The molecular weight excluding hydrogens is 466 g/mol. The standard InChI is InChI=1S/C30H41N3O4/c1-8-19(2)25(32-29(36)37-30(5,6)7)28(35)33(24-18-21(24)4)26(22-15-10-9-11-16-22)27(34)31-23-17-13-12-14-20(23)3/h9-17,19,21,24-26H,8,18H2,1-7H3,(H,31,34)(H,32,36). The summed E-state index contributed by atoms with van der Waals surface area (Å²) in [5.41, 5.74) is 1.67. The molecule has 7 heteroatoms. The highest BCUT2D eigenvalue weighted by atomic mass is 16.6. The van der Waals surface area contributed by atoms with E-state index in [9.17, 15) is 14.4 Å². The van der Waals surface area contributed by atoms with Crippen LogP contribution in [0, 0.1) is 18.8 Å². The zero-order valence-corrected chi connectivity index (χ0v) is 23.1. The summed E-state index contributed by atoms with van der Waals surface area (Å²) in [7, 11) is 0. The summed E-state index contributed by atoms with van der Waals surface area (Å²) < 4.78 is 5.47. The van der Waals surface area contributed by atoms with Gasteiger partial charge in [-0.2, -0.15) is 0 Å². The number of hydrogen-bond acceptors (Lipinski definition) is 4. The number of nitrogens with one attached hydrogen (secondary N) is 2. The summed E-state index contributed by atoms with van der Waals surface area (Å²) in [6, 6.07) is 15.2. The second-order valence-electron chi connectivity index (χ2n) is 11.2. The molecule has 0 radical (unpaired) electrons. The van der Waals surface area contributed by atoms with E-state index < -0.39 is 23.8 Å². The molecule has 1 aliphatic rings. The lowest BCUT2D eigenvalue weighted by Crippen LogP contribution is -2.55. The van der Waals surface area contributed by atoms with Gasteiger partial charge in [-0.25, -0.2) is 4.79 Å². The fraction of sp³-hybridized carbons (Fsp3) is 0.500. The first-order valence-electron chi connectivity index (χ1n) is 13.2. The molecule has 0 bridgehead atoms. The third-order valence-electron chi connectivity index (χ3n) is 6.87. The lowest BCUT2D eigenvalue weighted by atomic mass is 9.95. The Kier molecular flexibility index (Phi) is 9.00. The second kappa shape index (κ2) is 11.8. The number of aryl methyl sites for hydroxylation is 1. The highest BCUT2D eigenvalue weighted by Gasteiger charge is 2.48. The molecule has 0 spiro atoms. The molecule has 3 rings (SSSR count). The topological polar surface area (TPSA) is 87.7 Å². The van der Waals surface area contributed by atoms with E-state index in [1.54, 1.807) is 25.7 Å². The van der Waals surface area contributed by atoms with E-state index in [1.807, 2.05) is 75.4 Å². The van der Waals surface area contributed by atoms with Crippen LogP contribution in [0.2, 0.25) is 0 Å². The Morgan fingerprint density at radius 3 is 2.19 bits per heavy atom. The Morgan fingerprint density at radius 2 is 1.65 bits per heavy atom. The molecular formula is C30H41N3O4. The Balaban J connectivity index is 2.01. The van der Waals surface area contributed by atoms with E-state index in [2.05, 4.69) is 17.6 Å². The summed E-state index contributed by atoms with van der Waals surface area (Å²) in [5, 5.41) is 5.87. The van der Waals surface area contributed by atoms with Crippen LogP contribution in [0.25, 0.3) is 0 Å². The van der Waals surface area contributed by atoms with Gasteiger partial charge in [-0.3, -0.25) is 9.59 Å². The Morgan fingerprint density at radius 1 is 1.05 bits per heavy atom. The fourth-order valence-electron chi connectivity index (χ4n) is 4.44. The maximum atomic E-state index is 14.3. The van der Waals surface area contributed by atoms with Crippen molar-refractivity contribution in [3.05, 3.63) is 65.7 Å². The lowest BCUT2D eigenvalue weighted by molar-refractivity contribution is -0.142. The highest BCUT2D eigenvalue weighted by Crippen LogP contribution is 2.41. The zero-order valence-electron chi connectivity index (χ0n) is 23.1. The molecule has 2 aromatic carbocycles. The van der Waals surface area contributed by atoms with Crippen molar-refractivity contribution in [2.45, 2.75) is 85.0 Å². The molecule has 0 saturated heterocycles. The first kappa shape index (κ1) is 28.2. The molecule has 0 heterocycles. The summed E-state index contributed by atoms with van der Waals surface area (Å²) >= 11 is 0. The first-order valence-corrected chi connectivity index (χ1v) is 13.2. The van der Waals surface area contributed by atoms with E-state index in [1.165, 1.54) is 0 Å². The van der Waals surface area contributed by atoms with Crippen molar-refractivity contribution in [2.24, 2.45) is 11.8 Å². The number of amides is 3. The van der Waals surface area contributed by atoms with Crippen molar-refractivity contribution >= 4 is 23.6 Å². The molecule has 3 amide bonds. The van der Waals surface area contributed by atoms with E-state index in [0.717, 1.165) is 17.5 Å². The van der Waals surface area contributed by atoms with Gasteiger partial charge in [0.2, 0.25) is 5.91 Å². The lowest BCUT2D eigenvalue weighted by Gasteiger charge is -2.36. The predicted molar refractivity (Wildman–Crippen MR) is 146 cm³/mol. The monoisotopic (exact) mass is 507 g/mol. The van der Waals surface area contributed by atoms with Gasteiger partial charge >= 0.3 is 6.09 Å². The van der Waals surface area contributed by atoms with Crippen LogP contribution in [0.1, 0.15) is 71.6 Å². The number of nitrogens with zero attached hydrogens (tertiary/aromatic N) is 1. The summed E-state index contributed by atoms with van der Waals surface area (Å²) in [5.74, 6) is -0.468. The third kappa shape index (κ3) is 7.34. The van der Waals surface area contributed by atoms with Crippen molar-refractivity contribution in [1.29, 1.82) is 0 Å². The maximum Gasteiger partial charge on any atom is 0.408 e. The number of rotatable bonds is 9. The van der Waals surface area contributed by atoms with E-state index in [-0.39, 0.29) is 29.7 Å². The van der Waals surface area contributed by atoms with Gasteiger partial charge in [-0.05, 0) is 63.1 Å². The molecule has 200 valence electrons. The number of anilines is 1. The van der Waals surface area contributed by atoms with Crippen LogP contribution in [-0.4, -0.2) is 40.5 Å². The molecule has 0 aromatic heterocycles. The molecule has 5 atom stereocenters. The van der Waals surface area contributed by atoms with Crippen molar-refractivity contribution in [3.8, 4) is 0 Å². The Labute approximate surface area is 221 Å². The number of para-hydroxylation sites is 1. The number of benzene rings is 2. The Hall–Kier alpha value is -3.35. The molecule has 7 nitrogen and oxygen atoms in total. The average Bonchev–Trinajstić information content (AvgIpc) is 3.56. The van der Waals surface area contributed by atoms with Crippen LogP contribution < -0.4 is 10.6 Å². The minimum Gasteiger partial charge on any atom is -0.444 e. The van der Waals surface area contributed by atoms with Gasteiger partial charge in [0.15, 0.2) is 0 Å². The van der Waals surface area contributed by atoms with Crippen LogP contribution in [0.15, 0.2) is 54.6 Å². The molecule has 1 aliphatic carbocycles. The minimum absolute atomic E-state index is 0.104. The minimum atomic E-state index is -0.852. The summed E-state index contributed by atoms with van der Waals surface area (Å²) in [6.07, 6.45) is 0.827. The number of hydrogen-bond donors (Lipinski definition) is 2. The van der Waals surface area contributed by atoms with Gasteiger partial charge < -0.3 is 20.3 Å². The van der Waals surface area contributed by atoms with Crippen LogP contribution >= 0.6 is 0 Å². The second-order valence-corrected chi connectivity index (χ2v) is 11.2. The van der Waals surface area contributed by atoms with Gasteiger partial charge in [0, 0.05) is 11.7 Å². The van der Waals surface area contributed by atoms with Gasteiger partial charge in [0.25, 0.3) is 5.91 Å². The van der Waals surface area contributed by atoms with Crippen molar-refractivity contribution in [2.75, 3.05) is 5.32 Å². The normalized spacial score (nSPS) is 19.2. The third-order valence-corrected chi connectivity index (χ3v) is 6.87. The SMILES string of the molecule is CCC(C)C(NC(=O)OC(C)(C)C)C(=O)N(C(C(=O)Nc1ccccc1C)c1ccccc1)C1CC1C. The summed E-state index contributed by atoms with van der Waals surface area (Å²) in [6.45, 7) is 13.3. The molecule has 0 aliphatic heterocycles. The molecule has 5 unspecified atom stereocenters. The smallest absolute Gasteiger partial charge is 0.408 e. The average molecular weight is 508 g/mol. The van der Waals surface area contributed by atoms with Crippen LogP contribution in [-0.2, 0) is 14.3 Å². The molecule has 37 heavy (non-hydrogen) atoms.